The SMILES string of the molecule is CC.CC.Cc1cccc(F)c1Cl. The Morgan fingerprint density at radius 2 is 1.54 bits per heavy atom. The molecule has 0 radical (unpaired) electrons. The molecule has 13 heavy (non-hydrogen) atoms. The van der Waals surface area contributed by atoms with Crippen LogP contribution in [0.2, 0.25) is 5.02 Å². The highest BCUT2D eigenvalue weighted by Gasteiger charge is 1.98. The predicted octanol–water partition coefficient (Wildman–Crippen LogP) is 4.84. The summed E-state index contributed by atoms with van der Waals surface area (Å²) in [6.07, 6.45) is 0. The third kappa shape index (κ3) is 5.64. The molecule has 0 aliphatic heterocycles. The zero-order valence-corrected chi connectivity index (χ0v) is 9.74. The second-order valence-electron chi connectivity index (χ2n) is 1.87. The third-order valence-corrected chi connectivity index (χ3v) is 1.62. The minimum absolute atomic E-state index is 0.220. The average molecular weight is 205 g/mol. The van der Waals surface area contributed by atoms with Crippen LogP contribution < -0.4 is 0 Å². The minimum atomic E-state index is -0.350. The van der Waals surface area contributed by atoms with Gasteiger partial charge in [0.25, 0.3) is 0 Å². The van der Waals surface area contributed by atoms with E-state index in [1.165, 1.54) is 6.07 Å². The Morgan fingerprint density at radius 1 is 1.08 bits per heavy atom. The molecule has 1 rings (SSSR count). The molecule has 1 aromatic rings. The molecular weight excluding hydrogens is 187 g/mol. The summed E-state index contributed by atoms with van der Waals surface area (Å²) in [4.78, 5) is 0. The lowest BCUT2D eigenvalue weighted by molar-refractivity contribution is 0.627. The Kier molecular flexibility index (Phi) is 10.9. The summed E-state index contributed by atoms with van der Waals surface area (Å²) in [5, 5.41) is 0.220. The monoisotopic (exact) mass is 204 g/mol. The van der Waals surface area contributed by atoms with Crippen molar-refractivity contribution in [1.29, 1.82) is 0 Å². The molecule has 0 nitrogen and oxygen atoms in total. The first-order chi connectivity index (χ1) is 6.22. The zero-order chi connectivity index (χ0) is 10.9. The summed E-state index contributed by atoms with van der Waals surface area (Å²) in [6.45, 7) is 9.77. The Labute approximate surface area is 85.7 Å². The molecule has 0 spiro atoms. The van der Waals surface area contributed by atoms with Gasteiger partial charge >= 0.3 is 0 Å². The van der Waals surface area contributed by atoms with Gasteiger partial charge in [-0.05, 0) is 18.6 Å². The fourth-order valence-corrected chi connectivity index (χ4v) is 0.738. The number of hydrogen-bond acceptors (Lipinski definition) is 0. The Balaban J connectivity index is 0. The Bertz CT molecular complexity index is 201. The number of benzene rings is 1. The number of rotatable bonds is 0. The van der Waals surface area contributed by atoms with Gasteiger partial charge in [-0.1, -0.05) is 51.4 Å². The normalized spacial score (nSPS) is 7.62. The second-order valence-corrected chi connectivity index (χ2v) is 2.25. The topological polar surface area (TPSA) is 0 Å². The van der Waals surface area contributed by atoms with Gasteiger partial charge in [0.15, 0.2) is 0 Å². The third-order valence-electron chi connectivity index (χ3n) is 1.14. The Hall–Kier alpha value is -0.560. The highest BCUT2D eigenvalue weighted by Crippen LogP contribution is 2.17. The molecule has 0 fully saturated rings. The summed E-state index contributed by atoms with van der Waals surface area (Å²) in [5.74, 6) is -0.350. The van der Waals surface area contributed by atoms with E-state index in [4.69, 9.17) is 11.6 Å². The molecule has 0 heterocycles. The molecule has 2 heteroatoms. The largest absolute Gasteiger partial charge is 0.205 e. The van der Waals surface area contributed by atoms with Crippen molar-refractivity contribution in [2.24, 2.45) is 0 Å². The maximum Gasteiger partial charge on any atom is 0.142 e. The highest BCUT2D eigenvalue weighted by atomic mass is 35.5. The molecule has 0 saturated carbocycles. The molecule has 0 bridgehead atoms. The lowest BCUT2D eigenvalue weighted by atomic mass is 10.2. The van der Waals surface area contributed by atoms with Crippen LogP contribution in [0.25, 0.3) is 0 Å². The van der Waals surface area contributed by atoms with E-state index in [-0.39, 0.29) is 10.8 Å². The fraction of sp³-hybridized carbons (Fsp3) is 0.455. The van der Waals surface area contributed by atoms with Gasteiger partial charge in [-0.25, -0.2) is 4.39 Å². The zero-order valence-electron chi connectivity index (χ0n) is 8.99. The van der Waals surface area contributed by atoms with E-state index in [0.717, 1.165) is 5.56 Å². The van der Waals surface area contributed by atoms with Gasteiger partial charge < -0.3 is 0 Å². The van der Waals surface area contributed by atoms with Crippen LogP contribution in [0.4, 0.5) is 4.39 Å². The molecule has 1 aromatic carbocycles. The second kappa shape index (κ2) is 9.53. The van der Waals surface area contributed by atoms with Crippen molar-refractivity contribution in [2.45, 2.75) is 34.6 Å². The summed E-state index contributed by atoms with van der Waals surface area (Å²) < 4.78 is 12.4. The average Bonchev–Trinajstić information content (AvgIpc) is 2.20. The Morgan fingerprint density at radius 3 is 1.85 bits per heavy atom. The molecule has 0 aliphatic carbocycles. The van der Waals surface area contributed by atoms with Crippen molar-refractivity contribution in [3.8, 4) is 0 Å². The summed E-state index contributed by atoms with van der Waals surface area (Å²) in [5.41, 5.74) is 0.775. The van der Waals surface area contributed by atoms with Gasteiger partial charge in [-0.3, -0.25) is 0 Å². The maximum absolute atomic E-state index is 12.4. The molecule has 0 aliphatic rings. The highest BCUT2D eigenvalue weighted by molar-refractivity contribution is 6.31. The quantitative estimate of drug-likeness (QED) is 0.567. The maximum atomic E-state index is 12.4. The fourth-order valence-electron chi connectivity index (χ4n) is 0.612. The van der Waals surface area contributed by atoms with Crippen LogP contribution in [0, 0.1) is 12.7 Å². The number of halogens is 2. The van der Waals surface area contributed by atoms with E-state index in [1.54, 1.807) is 19.1 Å². The molecule has 0 atom stereocenters. The molecule has 0 aromatic heterocycles. The van der Waals surface area contributed by atoms with Gasteiger partial charge in [-0.2, -0.15) is 0 Å². The first-order valence-corrected chi connectivity index (χ1v) is 5.00. The standard InChI is InChI=1S/C7H6ClF.2C2H6/c1-5-3-2-4-6(9)7(5)8;2*1-2/h2-4H,1H3;2*1-2H3. The lowest BCUT2D eigenvalue weighted by Gasteiger charge is -1.95. The molecule has 0 N–H and O–H groups in total. The van der Waals surface area contributed by atoms with Gasteiger partial charge in [0.05, 0.1) is 5.02 Å². The van der Waals surface area contributed by atoms with Crippen molar-refractivity contribution in [3.05, 3.63) is 34.6 Å². The smallest absolute Gasteiger partial charge is 0.142 e. The molecular formula is C11H18ClF. The van der Waals surface area contributed by atoms with E-state index >= 15 is 0 Å². The molecule has 0 saturated heterocycles. The van der Waals surface area contributed by atoms with E-state index in [0.29, 0.717) is 0 Å². The van der Waals surface area contributed by atoms with Crippen LogP contribution in [0.3, 0.4) is 0 Å². The first kappa shape index (κ1) is 14.9. The van der Waals surface area contributed by atoms with Gasteiger partial charge in [-0.15, -0.1) is 0 Å². The molecule has 0 unspecified atom stereocenters. The van der Waals surface area contributed by atoms with E-state index in [1.807, 2.05) is 27.7 Å². The van der Waals surface area contributed by atoms with Crippen molar-refractivity contribution in [3.63, 3.8) is 0 Å². The van der Waals surface area contributed by atoms with Crippen LogP contribution in [0.1, 0.15) is 33.3 Å². The summed E-state index contributed by atoms with van der Waals surface area (Å²) >= 11 is 5.50. The van der Waals surface area contributed by atoms with Crippen molar-refractivity contribution in [2.75, 3.05) is 0 Å². The van der Waals surface area contributed by atoms with E-state index in [9.17, 15) is 4.39 Å². The van der Waals surface area contributed by atoms with Crippen LogP contribution in [0.5, 0.6) is 0 Å². The van der Waals surface area contributed by atoms with Crippen LogP contribution >= 0.6 is 11.6 Å². The van der Waals surface area contributed by atoms with Crippen molar-refractivity contribution < 1.29 is 4.39 Å². The van der Waals surface area contributed by atoms with E-state index < -0.39 is 0 Å². The van der Waals surface area contributed by atoms with Gasteiger partial charge in [0.2, 0.25) is 0 Å². The molecule has 76 valence electrons. The minimum Gasteiger partial charge on any atom is -0.205 e. The van der Waals surface area contributed by atoms with E-state index in [2.05, 4.69) is 0 Å². The van der Waals surface area contributed by atoms with Crippen LogP contribution in [0.15, 0.2) is 18.2 Å². The van der Waals surface area contributed by atoms with Crippen molar-refractivity contribution >= 4 is 11.6 Å². The van der Waals surface area contributed by atoms with Crippen LogP contribution in [-0.4, -0.2) is 0 Å². The molecule has 0 amide bonds. The van der Waals surface area contributed by atoms with Crippen LogP contribution in [-0.2, 0) is 0 Å². The van der Waals surface area contributed by atoms with Gasteiger partial charge in [0.1, 0.15) is 5.82 Å². The predicted molar refractivity (Wildman–Crippen MR) is 58.8 cm³/mol. The van der Waals surface area contributed by atoms with Crippen molar-refractivity contribution in [1.82, 2.24) is 0 Å². The number of aryl methyl sites for hydroxylation is 1. The summed E-state index contributed by atoms with van der Waals surface area (Å²) in [7, 11) is 0. The number of hydrogen-bond donors (Lipinski definition) is 0. The first-order valence-electron chi connectivity index (χ1n) is 4.62. The summed E-state index contributed by atoms with van der Waals surface area (Å²) in [6, 6.07) is 4.75. The van der Waals surface area contributed by atoms with Gasteiger partial charge in [0, 0.05) is 0 Å². The lowest BCUT2D eigenvalue weighted by Crippen LogP contribution is -1.78.